The first-order valence-corrected chi connectivity index (χ1v) is 4.58. The maximum absolute atomic E-state index is 9.53. The molecule has 0 fully saturated rings. The van der Waals surface area contributed by atoms with Crippen LogP contribution in [0.4, 0.5) is 0 Å². The summed E-state index contributed by atoms with van der Waals surface area (Å²) in [7, 11) is 0.750. The van der Waals surface area contributed by atoms with Crippen LogP contribution in [0.2, 0.25) is 0 Å². The van der Waals surface area contributed by atoms with Crippen molar-refractivity contribution in [1.82, 2.24) is 0 Å². The van der Waals surface area contributed by atoms with E-state index < -0.39 is 18.3 Å². The Morgan fingerprint density at radius 1 is 0.533 bits per heavy atom. The van der Waals surface area contributed by atoms with Crippen LogP contribution < -0.4 is 20.4 Å². The number of hydrogen-bond donors (Lipinski definition) is 0. The Balaban J connectivity index is -0.0000000298. The van der Waals surface area contributed by atoms with Gasteiger partial charge in [0.25, 0.3) is 0 Å². The predicted octanol–water partition coefficient (Wildman–Crippen LogP) is -1.76. The summed E-state index contributed by atoms with van der Waals surface area (Å²) in [5.41, 5.74) is 0. The van der Waals surface area contributed by atoms with Crippen molar-refractivity contribution in [3.05, 3.63) is 0 Å². The summed E-state index contributed by atoms with van der Waals surface area (Å²) in [5, 5.41) is 36.8. The van der Waals surface area contributed by atoms with Gasteiger partial charge in [-0.2, -0.15) is 7.11 Å². The molecule has 0 rings (SSSR count). The van der Waals surface area contributed by atoms with Gasteiger partial charge in [-0.3, -0.25) is 0 Å². The van der Waals surface area contributed by atoms with Gasteiger partial charge in [-0.25, -0.2) is 0 Å². The Kier molecular flexibility index (Phi) is 57.8. The zero-order valence-corrected chi connectivity index (χ0v) is 12.4. The van der Waals surface area contributed by atoms with Crippen LogP contribution in [-0.4, -0.2) is 25.4 Å². The molecule has 0 amide bonds. The first kappa shape index (κ1) is 29.6. The van der Waals surface area contributed by atoms with Gasteiger partial charge in [0.05, 0.1) is 0 Å². The molecule has 0 saturated heterocycles. The van der Waals surface area contributed by atoms with E-state index in [1.807, 2.05) is 0 Å². The van der Waals surface area contributed by atoms with Crippen molar-refractivity contribution in [3.8, 4) is 0 Å². The smallest absolute Gasteiger partial charge is 0.857 e. The third kappa shape index (κ3) is 7470. The Morgan fingerprint density at radius 2 is 0.533 bits per heavy atom. The molecule has 0 radical (unpaired) electrons. The van der Waals surface area contributed by atoms with Gasteiger partial charge in [-0.15, -0.1) is 18.3 Å². The van der Waals surface area contributed by atoms with E-state index in [0.29, 0.717) is 0 Å². The molecule has 0 atom stereocenters. The second-order valence-electron chi connectivity index (χ2n) is 3.15. The van der Waals surface area contributed by atoms with Gasteiger partial charge >= 0.3 is 21.7 Å². The number of rotatable bonds is 0. The fraction of sp³-hybridized carbons (Fsp3) is 1.00. The molecule has 0 spiro atoms. The maximum atomic E-state index is 9.53. The molecule has 15 heavy (non-hydrogen) atoms. The molecule has 0 aromatic heterocycles. The second kappa shape index (κ2) is 29.3. The van der Waals surface area contributed by atoms with Crippen molar-refractivity contribution in [2.24, 2.45) is 0 Å². The van der Waals surface area contributed by atoms with E-state index >= 15 is 0 Å². The van der Waals surface area contributed by atoms with E-state index in [9.17, 15) is 15.3 Å². The minimum atomic E-state index is -0.417. The van der Waals surface area contributed by atoms with Crippen molar-refractivity contribution in [1.29, 1.82) is 0 Å². The van der Waals surface area contributed by atoms with E-state index in [2.05, 4.69) is 0 Å². The summed E-state index contributed by atoms with van der Waals surface area (Å²) >= 11 is 0. The molecule has 0 unspecified atom stereocenters. The number of hydrogen-bond acceptors (Lipinski definition) is 4. The molecule has 0 aliphatic heterocycles. The Morgan fingerprint density at radius 3 is 0.533 bits per heavy atom. The quantitative estimate of drug-likeness (QED) is 0.480. The molecule has 4 nitrogen and oxygen atoms in total. The third-order valence-electron chi connectivity index (χ3n) is 0. The van der Waals surface area contributed by atoms with Crippen molar-refractivity contribution >= 4 is 0 Å². The molecular weight excluding hydrogens is 232 g/mol. The second-order valence-corrected chi connectivity index (χ2v) is 3.15. The summed E-state index contributed by atoms with van der Waals surface area (Å²) in [6.45, 7) is 9.67. The Bertz CT molecular complexity index is 45.9. The monoisotopic (exact) mass is 256 g/mol. The van der Waals surface area contributed by atoms with Gasteiger partial charge in [-0.1, -0.05) is 41.5 Å². The van der Waals surface area contributed by atoms with E-state index in [0.717, 1.165) is 7.11 Å². The van der Waals surface area contributed by atoms with Crippen LogP contribution in [0, 0.1) is 0 Å². The minimum Gasteiger partial charge on any atom is -0.857 e. The van der Waals surface area contributed by atoms with Crippen LogP contribution in [-0.2, 0) is 21.7 Å². The van der Waals surface area contributed by atoms with Crippen molar-refractivity contribution in [3.63, 3.8) is 0 Å². The molecule has 5 heteroatoms. The van der Waals surface area contributed by atoms with E-state index in [1.165, 1.54) is 0 Å². The fourth-order valence-electron chi connectivity index (χ4n) is 0. The standard InChI is InChI=1S/3C3H7O.CH3O.Ti/c3*1-3(2)4;1-2;/h3*3H,1-2H3;1H3;/q4*-1;+4. The fourth-order valence-corrected chi connectivity index (χ4v) is 0. The summed E-state index contributed by atoms with van der Waals surface area (Å²) in [4.78, 5) is 0. The Hall–Kier alpha value is 0.554. The van der Waals surface area contributed by atoms with Crippen LogP contribution in [0.15, 0.2) is 0 Å². The summed E-state index contributed by atoms with van der Waals surface area (Å²) < 4.78 is 0. The molecule has 0 aliphatic rings. The Labute approximate surface area is 109 Å². The largest absolute Gasteiger partial charge is 4.00 e. The topological polar surface area (TPSA) is 92.2 Å². The van der Waals surface area contributed by atoms with Crippen LogP contribution in [0.3, 0.4) is 0 Å². The van der Waals surface area contributed by atoms with Gasteiger partial charge in [0, 0.05) is 0 Å². The van der Waals surface area contributed by atoms with Crippen molar-refractivity contribution in [2.45, 2.75) is 59.9 Å². The predicted molar refractivity (Wildman–Crippen MR) is 51.3 cm³/mol. The minimum absolute atomic E-state index is 0. The van der Waals surface area contributed by atoms with Gasteiger partial charge in [0.1, 0.15) is 0 Å². The van der Waals surface area contributed by atoms with Crippen LogP contribution in [0.5, 0.6) is 0 Å². The van der Waals surface area contributed by atoms with E-state index in [4.69, 9.17) is 5.11 Å². The average molecular weight is 256 g/mol. The molecule has 0 aliphatic carbocycles. The van der Waals surface area contributed by atoms with Gasteiger partial charge in [0.15, 0.2) is 0 Å². The summed E-state index contributed by atoms with van der Waals surface area (Å²) in [5.74, 6) is 0. The van der Waals surface area contributed by atoms with Crippen LogP contribution in [0.1, 0.15) is 41.5 Å². The molecular formula is C10H24O4Ti. The molecule has 0 N–H and O–H groups in total. The molecule has 92 valence electrons. The van der Waals surface area contributed by atoms with Crippen molar-refractivity contribution in [2.75, 3.05) is 7.11 Å². The molecule has 0 saturated carbocycles. The van der Waals surface area contributed by atoms with Crippen molar-refractivity contribution < 1.29 is 42.1 Å². The average Bonchev–Trinajstić information content (AvgIpc) is 1.86. The zero-order chi connectivity index (χ0) is 12.7. The SMILES string of the molecule is CC(C)[O-].CC(C)[O-].CC(C)[O-].C[O-].[Ti+4]. The first-order valence-electron chi connectivity index (χ1n) is 4.58. The summed E-state index contributed by atoms with van der Waals surface area (Å²) in [6.07, 6.45) is -1.25. The summed E-state index contributed by atoms with van der Waals surface area (Å²) in [6, 6.07) is 0. The first-order chi connectivity index (χ1) is 6.20. The third-order valence-corrected chi connectivity index (χ3v) is 0. The molecule has 0 aromatic carbocycles. The normalized spacial score (nSPS) is 7.60. The molecule has 0 bridgehead atoms. The van der Waals surface area contributed by atoms with Gasteiger partial charge < -0.3 is 20.4 Å². The van der Waals surface area contributed by atoms with Gasteiger partial charge in [0.2, 0.25) is 0 Å². The molecule has 0 heterocycles. The van der Waals surface area contributed by atoms with Crippen LogP contribution >= 0.6 is 0 Å². The van der Waals surface area contributed by atoms with Gasteiger partial charge in [-0.05, 0) is 0 Å². The van der Waals surface area contributed by atoms with Crippen LogP contribution in [0.25, 0.3) is 0 Å². The molecule has 0 aromatic rings. The van der Waals surface area contributed by atoms with E-state index in [-0.39, 0.29) is 21.7 Å². The maximum Gasteiger partial charge on any atom is 4.00 e. The van der Waals surface area contributed by atoms with E-state index in [1.54, 1.807) is 41.5 Å². The zero-order valence-electron chi connectivity index (χ0n) is 10.9.